The summed E-state index contributed by atoms with van der Waals surface area (Å²) in [6.45, 7) is 3.34. The number of pyridine rings is 1. The van der Waals surface area contributed by atoms with Crippen molar-refractivity contribution in [2.75, 3.05) is 30.8 Å². The molecular formula is C21H24ClN7O3. The molecular weight excluding hydrogens is 434 g/mol. The van der Waals surface area contributed by atoms with Gasteiger partial charge in [-0.3, -0.25) is 19.0 Å². The molecule has 32 heavy (non-hydrogen) atoms. The van der Waals surface area contributed by atoms with Gasteiger partial charge in [0.1, 0.15) is 28.4 Å². The number of aromatic nitrogens is 3. The van der Waals surface area contributed by atoms with Gasteiger partial charge in [-0.2, -0.15) is 0 Å². The Bertz CT molecular complexity index is 1180. The quantitative estimate of drug-likeness (QED) is 0.640. The average molecular weight is 458 g/mol. The summed E-state index contributed by atoms with van der Waals surface area (Å²) in [5.41, 5.74) is 0.245. The molecule has 4 heterocycles. The number of halogens is 1. The lowest BCUT2D eigenvalue weighted by molar-refractivity contribution is -0.117. The molecule has 0 unspecified atom stereocenters. The molecule has 2 fully saturated rings. The topological polar surface area (TPSA) is 121 Å². The van der Waals surface area contributed by atoms with Gasteiger partial charge in [-0.25, -0.2) is 9.97 Å². The Morgan fingerprint density at radius 1 is 1.22 bits per heavy atom. The molecule has 3 N–H and O–H groups in total. The van der Waals surface area contributed by atoms with Gasteiger partial charge >= 0.3 is 0 Å². The van der Waals surface area contributed by atoms with Crippen molar-refractivity contribution < 1.29 is 9.59 Å². The van der Waals surface area contributed by atoms with Gasteiger partial charge < -0.3 is 20.9 Å². The standard InChI is InChI=1S/C21H24ClN7O3/c1-11-9-13(25-16-14(22)17(24-10-23-16)26-18(30)12-3-4-12)20(32)29-15(11)19(31)27-21(29)5-7-28(2)8-6-21/h9-10,12H,3-8H2,1-2H3,(H,27,31)(H2,23,24,25,26,30). The number of aryl methyl sites for hydroxylation is 1. The molecule has 2 amide bonds. The number of hydrogen-bond acceptors (Lipinski definition) is 7. The fourth-order valence-electron chi connectivity index (χ4n) is 4.42. The smallest absolute Gasteiger partial charge is 0.276 e. The van der Waals surface area contributed by atoms with Crippen molar-refractivity contribution in [1.29, 1.82) is 0 Å². The first-order chi connectivity index (χ1) is 15.3. The van der Waals surface area contributed by atoms with Crippen LogP contribution in [0.1, 0.15) is 41.7 Å². The van der Waals surface area contributed by atoms with Crippen LogP contribution >= 0.6 is 11.6 Å². The number of piperidine rings is 1. The van der Waals surface area contributed by atoms with E-state index in [1.807, 2.05) is 7.05 Å². The number of fused-ring (bicyclic) bond motifs is 2. The van der Waals surface area contributed by atoms with Crippen molar-refractivity contribution in [3.8, 4) is 0 Å². The molecule has 168 valence electrons. The van der Waals surface area contributed by atoms with E-state index in [-0.39, 0.29) is 45.6 Å². The van der Waals surface area contributed by atoms with Gasteiger partial charge in [0.05, 0.1) is 0 Å². The zero-order valence-corrected chi connectivity index (χ0v) is 18.6. The van der Waals surface area contributed by atoms with E-state index in [0.29, 0.717) is 24.1 Å². The number of carbonyl (C=O) groups excluding carboxylic acids is 2. The molecule has 2 aromatic heterocycles. The first-order valence-corrected chi connectivity index (χ1v) is 11.0. The Hall–Kier alpha value is -2.98. The first-order valence-electron chi connectivity index (χ1n) is 10.7. The van der Waals surface area contributed by atoms with E-state index in [9.17, 15) is 14.4 Å². The van der Waals surface area contributed by atoms with Crippen molar-refractivity contribution in [3.05, 3.63) is 39.0 Å². The van der Waals surface area contributed by atoms with Crippen LogP contribution in [0.15, 0.2) is 17.2 Å². The van der Waals surface area contributed by atoms with Crippen molar-refractivity contribution in [3.63, 3.8) is 0 Å². The number of hydrogen-bond donors (Lipinski definition) is 3. The van der Waals surface area contributed by atoms with Gasteiger partial charge in [0.25, 0.3) is 11.5 Å². The van der Waals surface area contributed by atoms with Crippen molar-refractivity contribution in [2.24, 2.45) is 5.92 Å². The summed E-state index contributed by atoms with van der Waals surface area (Å²) in [6, 6.07) is 1.63. The van der Waals surface area contributed by atoms with Crippen LogP contribution in [0.25, 0.3) is 0 Å². The third-order valence-corrected chi connectivity index (χ3v) is 6.79. The van der Waals surface area contributed by atoms with Gasteiger partial charge in [0.15, 0.2) is 11.6 Å². The minimum Gasteiger partial charge on any atom is -0.334 e. The third kappa shape index (κ3) is 3.43. The van der Waals surface area contributed by atoms with Crippen LogP contribution in [0.3, 0.4) is 0 Å². The van der Waals surface area contributed by atoms with E-state index in [4.69, 9.17) is 11.6 Å². The number of rotatable bonds is 4. The fraction of sp³-hybridized carbons (Fsp3) is 0.476. The molecule has 2 aliphatic heterocycles. The van der Waals surface area contributed by atoms with Crippen LogP contribution in [0, 0.1) is 12.8 Å². The maximum absolute atomic E-state index is 13.5. The predicted molar refractivity (Wildman–Crippen MR) is 119 cm³/mol. The highest BCUT2D eigenvalue weighted by Crippen LogP contribution is 2.35. The Balaban J connectivity index is 1.51. The fourth-order valence-corrected chi connectivity index (χ4v) is 4.62. The third-order valence-electron chi connectivity index (χ3n) is 6.43. The average Bonchev–Trinajstić information content (AvgIpc) is 3.56. The largest absolute Gasteiger partial charge is 0.334 e. The zero-order valence-electron chi connectivity index (χ0n) is 17.9. The number of carbonyl (C=O) groups is 2. The minimum absolute atomic E-state index is 0.00258. The van der Waals surface area contributed by atoms with Gasteiger partial charge in [-0.15, -0.1) is 0 Å². The lowest BCUT2D eigenvalue weighted by atomic mass is 9.97. The van der Waals surface area contributed by atoms with E-state index < -0.39 is 5.66 Å². The SMILES string of the molecule is Cc1cc(Nc2ncnc(NC(=O)C3CC3)c2Cl)c(=O)n2c1C(=O)NC21CCN(C)CC1. The van der Waals surface area contributed by atoms with Crippen molar-refractivity contribution in [2.45, 2.75) is 38.3 Å². The maximum atomic E-state index is 13.5. The number of amides is 2. The van der Waals surface area contributed by atoms with Crippen LogP contribution < -0.4 is 21.5 Å². The zero-order chi connectivity index (χ0) is 22.6. The predicted octanol–water partition coefficient (Wildman–Crippen LogP) is 1.81. The molecule has 1 spiro atoms. The molecule has 0 aromatic carbocycles. The lowest BCUT2D eigenvalue weighted by Crippen LogP contribution is -2.53. The second-order valence-electron chi connectivity index (χ2n) is 8.79. The molecule has 2 aromatic rings. The highest BCUT2D eigenvalue weighted by Gasteiger charge is 2.46. The Morgan fingerprint density at radius 2 is 1.91 bits per heavy atom. The van der Waals surface area contributed by atoms with Crippen LogP contribution in [0.4, 0.5) is 17.3 Å². The van der Waals surface area contributed by atoms with Gasteiger partial charge in [0, 0.05) is 31.8 Å². The lowest BCUT2D eigenvalue weighted by Gasteiger charge is -2.39. The van der Waals surface area contributed by atoms with E-state index in [1.54, 1.807) is 17.6 Å². The van der Waals surface area contributed by atoms with Crippen LogP contribution in [-0.4, -0.2) is 51.4 Å². The summed E-state index contributed by atoms with van der Waals surface area (Å²) < 4.78 is 1.59. The molecule has 0 radical (unpaired) electrons. The number of anilines is 3. The van der Waals surface area contributed by atoms with Gasteiger partial charge in [0.2, 0.25) is 5.91 Å². The summed E-state index contributed by atoms with van der Waals surface area (Å²) in [4.78, 5) is 48.8. The molecule has 10 nitrogen and oxygen atoms in total. The monoisotopic (exact) mass is 457 g/mol. The molecule has 11 heteroatoms. The second kappa shape index (κ2) is 7.56. The summed E-state index contributed by atoms with van der Waals surface area (Å²) in [6.07, 6.45) is 4.26. The van der Waals surface area contributed by atoms with Crippen molar-refractivity contribution >= 4 is 40.7 Å². The van der Waals surface area contributed by atoms with E-state index in [1.165, 1.54) is 6.33 Å². The molecule has 3 aliphatic rings. The highest BCUT2D eigenvalue weighted by atomic mass is 35.5. The normalized spacial score (nSPS) is 19.5. The Kier molecular flexibility index (Phi) is 4.94. The van der Waals surface area contributed by atoms with Crippen LogP contribution in [0.5, 0.6) is 0 Å². The van der Waals surface area contributed by atoms with Gasteiger partial charge in [-0.05, 0) is 38.4 Å². The number of nitrogens with zero attached hydrogens (tertiary/aromatic N) is 4. The first kappa shape index (κ1) is 20.9. The van der Waals surface area contributed by atoms with Crippen LogP contribution in [-0.2, 0) is 10.5 Å². The Morgan fingerprint density at radius 3 is 2.59 bits per heavy atom. The minimum atomic E-state index is -0.739. The summed E-state index contributed by atoms with van der Waals surface area (Å²) in [5.74, 6) is 0.0408. The molecule has 0 bridgehead atoms. The highest BCUT2D eigenvalue weighted by molar-refractivity contribution is 6.35. The van der Waals surface area contributed by atoms with E-state index in [0.717, 1.165) is 25.9 Å². The second-order valence-corrected chi connectivity index (χ2v) is 9.17. The Labute approximate surface area is 189 Å². The summed E-state index contributed by atoms with van der Waals surface area (Å²) in [7, 11) is 2.02. The number of likely N-dealkylation sites (tertiary alicyclic amines) is 1. The van der Waals surface area contributed by atoms with Crippen LogP contribution in [0.2, 0.25) is 5.02 Å². The van der Waals surface area contributed by atoms with E-state index in [2.05, 4.69) is 30.8 Å². The molecule has 0 atom stereocenters. The molecule has 1 saturated heterocycles. The molecule has 1 aliphatic carbocycles. The van der Waals surface area contributed by atoms with E-state index >= 15 is 0 Å². The van der Waals surface area contributed by atoms with Crippen molar-refractivity contribution in [1.82, 2.24) is 24.8 Å². The summed E-state index contributed by atoms with van der Waals surface area (Å²) in [5, 5.41) is 8.89. The number of nitrogens with one attached hydrogen (secondary N) is 3. The molecule has 1 saturated carbocycles. The maximum Gasteiger partial charge on any atom is 0.276 e. The molecule has 5 rings (SSSR count). The van der Waals surface area contributed by atoms with Gasteiger partial charge in [-0.1, -0.05) is 11.6 Å². The summed E-state index contributed by atoms with van der Waals surface area (Å²) >= 11 is 6.44.